The average Bonchev–Trinajstić information content (AvgIpc) is 2.15. The molecule has 0 saturated heterocycles. The standard InChI is InChI=1S/C7H16O.C6H14O/c1-7(2)5-4-6-8-3;1-6(2)4-5-7-3/h7H,4-6H2,1-3H3;6H,4-5H2,1-3H3. The Morgan fingerprint density at radius 1 is 0.733 bits per heavy atom. The SMILES string of the molecule is COCCC(C)C.COCCCC(C)C. The van der Waals surface area contributed by atoms with Crippen LogP contribution in [0.1, 0.15) is 47.0 Å². The molecular weight excluding hydrogens is 188 g/mol. The number of rotatable bonds is 7. The van der Waals surface area contributed by atoms with E-state index in [1.54, 1.807) is 14.2 Å². The number of hydrogen-bond donors (Lipinski definition) is 0. The fourth-order valence-electron chi connectivity index (χ4n) is 0.989. The van der Waals surface area contributed by atoms with E-state index in [0.29, 0.717) is 0 Å². The summed E-state index contributed by atoms with van der Waals surface area (Å²) in [7, 11) is 3.49. The lowest BCUT2D eigenvalue weighted by atomic mass is 10.1. The molecule has 0 bridgehead atoms. The molecule has 0 aromatic rings. The third-order valence-corrected chi connectivity index (χ3v) is 2.03. The first-order valence-corrected chi connectivity index (χ1v) is 6.02. The third-order valence-electron chi connectivity index (χ3n) is 2.03. The van der Waals surface area contributed by atoms with E-state index >= 15 is 0 Å². The molecule has 0 aromatic carbocycles. The van der Waals surface area contributed by atoms with E-state index in [1.165, 1.54) is 19.3 Å². The van der Waals surface area contributed by atoms with Crippen LogP contribution in [0.2, 0.25) is 0 Å². The quantitative estimate of drug-likeness (QED) is 0.606. The van der Waals surface area contributed by atoms with Crippen LogP contribution in [0.15, 0.2) is 0 Å². The molecule has 0 radical (unpaired) electrons. The Hall–Kier alpha value is -0.0800. The van der Waals surface area contributed by atoms with Gasteiger partial charge in [0, 0.05) is 27.4 Å². The van der Waals surface area contributed by atoms with Crippen LogP contribution in [0.3, 0.4) is 0 Å². The molecule has 0 atom stereocenters. The molecule has 0 heterocycles. The van der Waals surface area contributed by atoms with Gasteiger partial charge in [-0.15, -0.1) is 0 Å². The molecule has 0 fully saturated rings. The minimum Gasteiger partial charge on any atom is -0.385 e. The fourth-order valence-corrected chi connectivity index (χ4v) is 0.989. The van der Waals surface area contributed by atoms with Crippen molar-refractivity contribution in [3.8, 4) is 0 Å². The summed E-state index contributed by atoms with van der Waals surface area (Å²) >= 11 is 0. The van der Waals surface area contributed by atoms with Crippen molar-refractivity contribution in [3.63, 3.8) is 0 Å². The molecule has 0 aliphatic rings. The van der Waals surface area contributed by atoms with Crippen LogP contribution in [0.4, 0.5) is 0 Å². The monoisotopic (exact) mass is 218 g/mol. The highest BCUT2D eigenvalue weighted by Crippen LogP contribution is 2.02. The minimum atomic E-state index is 0.778. The first-order chi connectivity index (χ1) is 7.04. The first-order valence-electron chi connectivity index (χ1n) is 6.02. The molecule has 0 saturated carbocycles. The summed E-state index contributed by atoms with van der Waals surface area (Å²) in [6.07, 6.45) is 3.67. The molecule has 0 aliphatic heterocycles. The van der Waals surface area contributed by atoms with Crippen LogP contribution >= 0.6 is 0 Å². The molecule has 0 N–H and O–H groups in total. The van der Waals surface area contributed by atoms with Gasteiger partial charge in [-0.1, -0.05) is 27.7 Å². The van der Waals surface area contributed by atoms with Gasteiger partial charge in [-0.25, -0.2) is 0 Å². The zero-order valence-corrected chi connectivity index (χ0v) is 11.5. The van der Waals surface area contributed by atoms with Gasteiger partial charge in [-0.05, 0) is 31.1 Å². The summed E-state index contributed by atoms with van der Waals surface area (Å²) in [5.74, 6) is 1.60. The van der Waals surface area contributed by atoms with E-state index in [-0.39, 0.29) is 0 Å². The van der Waals surface area contributed by atoms with Crippen molar-refractivity contribution in [2.75, 3.05) is 27.4 Å². The predicted molar refractivity (Wildman–Crippen MR) is 67.3 cm³/mol. The Morgan fingerprint density at radius 3 is 1.47 bits per heavy atom. The van der Waals surface area contributed by atoms with Gasteiger partial charge in [-0.2, -0.15) is 0 Å². The molecule has 0 unspecified atom stereocenters. The molecule has 0 aliphatic carbocycles. The zero-order valence-electron chi connectivity index (χ0n) is 11.5. The average molecular weight is 218 g/mol. The highest BCUT2D eigenvalue weighted by molar-refractivity contribution is 4.43. The van der Waals surface area contributed by atoms with E-state index in [0.717, 1.165) is 25.0 Å². The summed E-state index contributed by atoms with van der Waals surface area (Å²) in [5, 5.41) is 0. The molecule has 2 heteroatoms. The van der Waals surface area contributed by atoms with Crippen LogP contribution in [-0.4, -0.2) is 27.4 Å². The Kier molecular flexibility index (Phi) is 16.1. The number of methoxy groups -OCH3 is 2. The van der Waals surface area contributed by atoms with Crippen LogP contribution < -0.4 is 0 Å². The van der Waals surface area contributed by atoms with Crippen molar-refractivity contribution in [1.29, 1.82) is 0 Å². The molecule has 0 rings (SSSR count). The van der Waals surface area contributed by atoms with Gasteiger partial charge in [0.25, 0.3) is 0 Å². The summed E-state index contributed by atoms with van der Waals surface area (Å²) in [5.41, 5.74) is 0. The summed E-state index contributed by atoms with van der Waals surface area (Å²) < 4.78 is 9.74. The van der Waals surface area contributed by atoms with Gasteiger partial charge in [-0.3, -0.25) is 0 Å². The van der Waals surface area contributed by atoms with Crippen molar-refractivity contribution >= 4 is 0 Å². The van der Waals surface area contributed by atoms with Crippen molar-refractivity contribution in [2.45, 2.75) is 47.0 Å². The fraction of sp³-hybridized carbons (Fsp3) is 1.00. The second kappa shape index (κ2) is 13.9. The largest absolute Gasteiger partial charge is 0.385 e. The molecule has 0 amide bonds. The van der Waals surface area contributed by atoms with Gasteiger partial charge in [0.15, 0.2) is 0 Å². The van der Waals surface area contributed by atoms with Gasteiger partial charge < -0.3 is 9.47 Å². The zero-order chi connectivity index (χ0) is 12.1. The van der Waals surface area contributed by atoms with E-state index in [2.05, 4.69) is 27.7 Å². The third kappa shape index (κ3) is 24.9. The number of ether oxygens (including phenoxy) is 2. The van der Waals surface area contributed by atoms with E-state index in [9.17, 15) is 0 Å². The lowest BCUT2D eigenvalue weighted by Crippen LogP contribution is -1.93. The van der Waals surface area contributed by atoms with Crippen molar-refractivity contribution < 1.29 is 9.47 Å². The van der Waals surface area contributed by atoms with E-state index < -0.39 is 0 Å². The summed E-state index contributed by atoms with van der Waals surface area (Å²) in [4.78, 5) is 0. The second-order valence-corrected chi connectivity index (χ2v) is 4.70. The Morgan fingerprint density at radius 2 is 1.20 bits per heavy atom. The molecular formula is C13H30O2. The number of hydrogen-bond acceptors (Lipinski definition) is 2. The highest BCUT2D eigenvalue weighted by atomic mass is 16.5. The van der Waals surface area contributed by atoms with E-state index in [4.69, 9.17) is 9.47 Å². The van der Waals surface area contributed by atoms with Crippen LogP contribution in [0.25, 0.3) is 0 Å². The maximum atomic E-state index is 4.89. The van der Waals surface area contributed by atoms with Crippen molar-refractivity contribution in [1.82, 2.24) is 0 Å². The second-order valence-electron chi connectivity index (χ2n) is 4.70. The molecule has 0 spiro atoms. The Bertz CT molecular complexity index is 101. The van der Waals surface area contributed by atoms with Crippen LogP contribution in [-0.2, 0) is 9.47 Å². The Labute approximate surface area is 96.4 Å². The maximum Gasteiger partial charge on any atom is 0.0464 e. The van der Waals surface area contributed by atoms with Gasteiger partial charge in [0.2, 0.25) is 0 Å². The summed E-state index contributed by atoms with van der Waals surface area (Å²) in [6, 6.07) is 0. The lowest BCUT2D eigenvalue weighted by Gasteiger charge is -2.01. The molecule has 15 heavy (non-hydrogen) atoms. The molecule has 94 valence electrons. The molecule has 2 nitrogen and oxygen atoms in total. The van der Waals surface area contributed by atoms with Gasteiger partial charge in [0.1, 0.15) is 0 Å². The van der Waals surface area contributed by atoms with Gasteiger partial charge >= 0.3 is 0 Å². The lowest BCUT2D eigenvalue weighted by molar-refractivity contribution is 0.183. The highest BCUT2D eigenvalue weighted by Gasteiger charge is 1.91. The smallest absolute Gasteiger partial charge is 0.0464 e. The van der Waals surface area contributed by atoms with Crippen LogP contribution in [0, 0.1) is 11.8 Å². The van der Waals surface area contributed by atoms with Crippen LogP contribution in [0.5, 0.6) is 0 Å². The van der Waals surface area contributed by atoms with Crippen molar-refractivity contribution in [2.24, 2.45) is 11.8 Å². The normalized spacial score (nSPS) is 10.4. The molecule has 0 aromatic heterocycles. The van der Waals surface area contributed by atoms with Crippen molar-refractivity contribution in [3.05, 3.63) is 0 Å². The van der Waals surface area contributed by atoms with Gasteiger partial charge in [0.05, 0.1) is 0 Å². The maximum absolute atomic E-state index is 4.89. The van der Waals surface area contributed by atoms with E-state index in [1.807, 2.05) is 0 Å². The first kappa shape index (κ1) is 17.3. The summed E-state index contributed by atoms with van der Waals surface area (Å²) in [6.45, 7) is 10.7. The topological polar surface area (TPSA) is 18.5 Å². The Balaban J connectivity index is 0. The predicted octanol–water partition coefficient (Wildman–Crippen LogP) is 3.75. The minimum absolute atomic E-state index is 0.778.